The van der Waals surface area contributed by atoms with Crippen LogP contribution in [0.4, 0.5) is 0 Å². The zero-order chi connectivity index (χ0) is 15.1. The molecule has 0 saturated carbocycles. The van der Waals surface area contributed by atoms with E-state index in [1.807, 2.05) is 5.38 Å². The Balaban J connectivity index is 2.12. The van der Waals surface area contributed by atoms with Gasteiger partial charge in [-0.05, 0) is 37.3 Å². The maximum Gasteiger partial charge on any atom is 0.244 e. The molecule has 0 amide bonds. The second kappa shape index (κ2) is 8.27. The van der Waals surface area contributed by atoms with E-state index in [2.05, 4.69) is 12.2 Å². The van der Waals surface area contributed by atoms with Crippen molar-refractivity contribution in [3.05, 3.63) is 16.3 Å². The van der Waals surface area contributed by atoms with Crippen LogP contribution in [0.1, 0.15) is 50.3 Å². The van der Waals surface area contributed by atoms with E-state index in [0.717, 1.165) is 43.5 Å². The van der Waals surface area contributed by atoms with Crippen molar-refractivity contribution in [2.75, 3.05) is 19.6 Å². The zero-order valence-corrected chi connectivity index (χ0v) is 14.4. The topological polar surface area (TPSA) is 49.4 Å². The Morgan fingerprint density at radius 1 is 1.19 bits per heavy atom. The molecule has 0 bridgehead atoms. The molecule has 21 heavy (non-hydrogen) atoms. The van der Waals surface area contributed by atoms with Gasteiger partial charge in [-0.1, -0.05) is 26.2 Å². The average Bonchev–Trinajstić information content (AvgIpc) is 2.87. The lowest BCUT2D eigenvalue weighted by Gasteiger charge is -2.24. The van der Waals surface area contributed by atoms with Crippen LogP contribution in [0.3, 0.4) is 0 Å². The summed E-state index contributed by atoms with van der Waals surface area (Å²) in [5, 5.41) is 5.19. The lowest BCUT2D eigenvalue weighted by molar-refractivity contribution is 0.364. The van der Waals surface area contributed by atoms with Crippen LogP contribution in [0.15, 0.2) is 16.3 Å². The first-order valence-electron chi connectivity index (χ1n) is 7.93. The van der Waals surface area contributed by atoms with Gasteiger partial charge in [0.05, 0.1) is 4.90 Å². The third kappa shape index (κ3) is 4.52. The van der Waals surface area contributed by atoms with E-state index in [1.54, 1.807) is 10.4 Å². The molecule has 120 valence electrons. The summed E-state index contributed by atoms with van der Waals surface area (Å²) in [6, 6.07) is 1.77. The van der Waals surface area contributed by atoms with Gasteiger partial charge in [0.25, 0.3) is 0 Å². The molecule has 1 aliphatic heterocycles. The fraction of sp³-hybridized carbons (Fsp3) is 0.733. The Labute approximate surface area is 132 Å². The van der Waals surface area contributed by atoms with Crippen LogP contribution in [0.2, 0.25) is 0 Å². The minimum atomic E-state index is -3.32. The van der Waals surface area contributed by atoms with E-state index in [4.69, 9.17) is 0 Å². The number of nitrogens with zero attached hydrogens (tertiary/aromatic N) is 1. The lowest BCUT2D eigenvalue weighted by Crippen LogP contribution is -2.34. The number of hydrogen-bond donors (Lipinski definition) is 1. The van der Waals surface area contributed by atoms with Crippen LogP contribution in [0, 0.1) is 0 Å². The molecule has 4 nitrogen and oxygen atoms in total. The second-order valence-corrected chi connectivity index (χ2v) is 8.46. The predicted molar refractivity (Wildman–Crippen MR) is 88.2 cm³/mol. The molecule has 1 aliphatic rings. The fourth-order valence-corrected chi connectivity index (χ4v) is 5.57. The maximum atomic E-state index is 12.9. The van der Waals surface area contributed by atoms with Gasteiger partial charge in [-0.2, -0.15) is 4.31 Å². The van der Waals surface area contributed by atoms with Crippen LogP contribution in [0.5, 0.6) is 0 Å². The zero-order valence-electron chi connectivity index (χ0n) is 12.8. The Kier molecular flexibility index (Phi) is 6.67. The van der Waals surface area contributed by atoms with Crippen molar-refractivity contribution in [1.29, 1.82) is 0 Å². The summed E-state index contributed by atoms with van der Waals surface area (Å²) < 4.78 is 27.4. The van der Waals surface area contributed by atoms with Gasteiger partial charge in [-0.15, -0.1) is 11.3 Å². The molecule has 6 heteroatoms. The van der Waals surface area contributed by atoms with Crippen molar-refractivity contribution in [3.63, 3.8) is 0 Å². The highest BCUT2D eigenvalue weighted by Crippen LogP contribution is 2.26. The Morgan fingerprint density at radius 3 is 2.52 bits per heavy atom. The summed E-state index contributed by atoms with van der Waals surface area (Å²) in [6.07, 6.45) is 6.53. The van der Waals surface area contributed by atoms with Crippen molar-refractivity contribution >= 4 is 21.4 Å². The van der Waals surface area contributed by atoms with E-state index >= 15 is 0 Å². The van der Waals surface area contributed by atoms with Crippen molar-refractivity contribution < 1.29 is 8.42 Å². The number of nitrogens with one attached hydrogen (secondary N) is 1. The molecule has 1 aromatic rings. The van der Waals surface area contributed by atoms with Crippen LogP contribution in [-0.4, -0.2) is 32.4 Å². The van der Waals surface area contributed by atoms with Crippen LogP contribution in [-0.2, 0) is 16.6 Å². The Bertz CT molecular complexity index is 518. The van der Waals surface area contributed by atoms with Crippen molar-refractivity contribution in [2.45, 2.75) is 56.9 Å². The molecule has 0 spiro atoms. The molecule has 0 radical (unpaired) electrons. The smallest absolute Gasteiger partial charge is 0.244 e. The molecule has 1 fully saturated rings. The van der Waals surface area contributed by atoms with E-state index in [-0.39, 0.29) is 0 Å². The van der Waals surface area contributed by atoms with Gasteiger partial charge in [-0.3, -0.25) is 0 Å². The van der Waals surface area contributed by atoms with Gasteiger partial charge in [0.15, 0.2) is 0 Å². The average molecular weight is 331 g/mol. The molecule has 0 atom stereocenters. The van der Waals surface area contributed by atoms with Gasteiger partial charge in [-0.25, -0.2) is 8.42 Å². The minimum absolute atomic E-state index is 0.511. The van der Waals surface area contributed by atoms with Gasteiger partial charge in [0.1, 0.15) is 0 Å². The summed E-state index contributed by atoms with van der Waals surface area (Å²) in [4.78, 5) is 1.45. The first-order chi connectivity index (χ1) is 10.2. The van der Waals surface area contributed by atoms with Gasteiger partial charge in [0, 0.05) is 24.5 Å². The summed E-state index contributed by atoms with van der Waals surface area (Å²) in [5.74, 6) is 0. The standard InChI is InChI=1S/C15H26N2O2S2/c1-2-9-16-13-14-15(8-12-20-14)21(18,19)17-10-6-4-3-5-7-11-17/h8,12,16H,2-7,9-11,13H2,1H3. The van der Waals surface area contributed by atoms with E-state index in [0.29, 0.717) is 24.5 Å². The fourth-order valence-electron chi connectivity index (χ4n) is 2.66. The highest BCUT2D eigenvalue weighted by molar-refractivity contribution is 7.89. The van der Waals surface area contributed by atoms with Crippen LogP contribution >= 0.6 is 11.3 Å². The van der Waals surface area contributed by atoms with E-state index in [1.165, 1.54) is 17.8 Å². The molecular formula is C15H26N2O2S2. The minimum Gasteiger partial charge on any atom is -0.312 e. The highest BCUT2D eigenvalue weighted by Gasteiger charge is 2.27. The third-order valence-electron chi connectivity index (χ3n) is 3.85. The molecule has 2 heterocycles. The molecule has 1 aromatic heterocycles. The Hall–Kier alpha value is -0.430. The van der Waals surface area contributed by atoms with E-state index in [9.17, 15) is 8.42 Å². The molecular weight excluding hydrogens is 304 g/mol. The number of hydrogen-bond acceptors (Lipinski definition) is 4. The normalized spacial score (nSPS) is 18.3. The lowest BCUT2D eigenvalue weighted by atomic mass is 10.1. The molecule has 1 saturated heterocycles. The molecule has 0 aromatic carbocycles. The maximum absolute atomic E-state index is 12.9. The molecule has 0 aliphatic carbocycles. The van der Waals surface area contributed by atoms with Gasteiger partial charge >= 0.3 is 0 Å². The monoisotopic (exact) mass is 330 g/mol. The number of rotatable bonds is 6. The SMILES string of the molecule is CCCNCc1sccc1S(=O)(=O)N1CCCCCCC1. The quantitative estimate of drug-likeness (QED) is 0.815. The number of thiophene rings is 1. The number of sulfonamides is 1. The van der Waals surface area contributed by atoms with Crippen LogP contribution < -0.4 is 5.32 Å². The van der Waals surface area contributed by atoms with Crippen molar-refractivity contribution in [1.82, 2.24) is 9.62 Å². The summed E-state index contributed by atoms with van der Waals surface area (Å²) in [7, 11) is -3.32. The van der Waals surface area contributed by atoms with Crippen molar-refractivity contribution in [3.8, 4) is 0 Å². The summed E-state index contributed by atoms with van der Waals surface area (Å²) >= 11 is 1.53. The van der Waals surface area contributed by atoms with Gasteiger partial charge < -0.3 is 5.32 Å². The summed E-state index contributed by atoms with van der Waals surface area (Å²) in [6.45, 7) is 5.01. The van der Waals surface area contributed by atoms with E-state index < -0.39 is 10.0 Å². The second-order valence-electron chi connectivity index (χ2n) is 5.56. The van der Waals surface area contributed by atoms with Gasteiger partial charge in [0.2, 0.25) is 10.0 Å². The molecule has 0 unspecified atom stereocenters. The largest absolute Gasteiger partial charge is 0.312 e. The first kappa shape index (κ1) is 16.9. The predicted octanol–water partition coefficient (Wildman–Crippen LogP) is 3.20. The molecule has 1 N–H and O–H groups in total. The molecule has 2 rings (SSSR count). The van der Waals surface area contributed by atoms with Crippen LogP contribution in [0.25, 0.3) is 0 Å². The highest BCUT2D eigenvalue weighted by atomic mass is 32.2. The third-order valence-corrected chi connectivity index (χ3v) is 6.88. The Morgan fingerprint density at radius 2 is 1.86 bits per heavy atom. The van der Waals surface area contributed by atoms with Crippen molar-refractivity contribution in [2.24, 2.45) is 0 Å². The first-order valence-corrected chi connectivity index (χ1v) is 10.3. The summed E-state index contributed by atoms with van der Waals surface area (Å²) in [5.41, 5.74) is 0.